The number of epoxide rings is 1. The van der Waals surface area contributed by atoms with Gasteiger partial charge in [-0.25, -0.2) is 0 Å². The summed E-state index contributed by atoms with van der Waals surface area (Å²) in [6.07, 6.45) is 0.0643. The van der Waals surface area contributed by atoms with Crippen molar-refractivity contribution in [2.24, 2.45) is 17.8 Å². The molecule has 5 rings (SSSR count). The van der Waals surface area contributed by atoms with Gasteiger partial charge < -0.3 is 9.84 Å². The van der Waals surface area contributed by atoms with Crippen LogP contribution in [-0.2, 0) is 19.1 Å². The summed E-state index contributed by atoms with van der Waals surface area (Å²) in [6.45, 7) is 1.83. The van der Waals surface area contributed by atoms with Crippen LogP contribution in [0.5, 0.6) is 0 Å². The number of benzene rings is 1. The zero-order valence-electron chi connectivity index (χ0n) is 14.2. The highest BCUT2D eigenvalue weighted by Crippen LogP contribution is 2.51. The molecule has 0 unspecified atom stereocenters. The number of carbonyl (C=O) groups excluding carboxylic acids is 3. The van der Waals surface area contributed by atoms with Crippen molar-refractivity contribution in [1.82, 2.24) is 4.90 Å². The molecule has 4 aliphatic rings. The van der Waals surface area contributed by atoms with Crippen molar-refractivity contribution in [3.63, 3.8) is 0 Å². The van der Waals surface area contributed by atoms with Crippen molar-refractivity contribution in [1.29, 1.82) is 0 Å². The number of ether oxygens (including phenoxy) is 1. The highest BCUT2D eigenvalue weighted by Gasteiger charge is 2.65. The summed E-state index contributed by atoms with van der Waals surface area (Å²) >= 11 is 0. The molecule has 2 amide bonds. The van der Waals surface area contributed by atoms with E-state index in [4.69, 9.17) is 4.74 Å². The minimum Gasteiger partial charge on any atom is -0.390 e. The van der Waals surface area contributed by atoms with Crippen LogP contribution in [0, 0.1) is 17.8 Å². The van der Waals surface area contributed by atoms with Crippen LogP contribution in [0.15, 0.2) is 42.0 Å². The number of Topliss-reactive ketones (excluding diaryl/α,β-unsaturated/α-hetero) is 1. The molecule has 1 aromatic carbocycles. The zero-order valence-corrected chi connectivity index (χ0v) is 14.2. The summed E-state index contributed by atoms with van der Waals surface area (Å²) < 4.78 is 5.30. The van der Waals surface area contributed by atoms with Gasteiger partial charge in [-0.15, -0.1) is 0 Å². The Hall–Kier alpha value is -2.31. The number of ketones is 1. The van der Waals surface area contributed by atoms with Crippen molar-refractivity contribution in [2.75, 3.05) is 0 Å². The monoisotopic (exact) mass is 353 g/mol. The quantitative estimate of drug-likeness (QED) is 0.633. The molecule has 3 fully saturated rings. The number of aliphatic hydroxyl groups excluding tert-OH is 1. The van der Waals surface area contributed by atoms with Gasteiger partial charge in [0.1, 0.15) is 12.2 Å². The van der Waals surface area contributed by atoms with Crippen LogP contribution in [0.25, 0.3) is 0 Å². The molecular formula is C20H19NO5. The number of imide groups is 1. The summed E-state index contributed by atoms with van der Waals surface area (Å²) in [5, 5.41) is 10.6. The van der Waals surface area contributed by atoms with Gasteiger partial charge in [0.15, 0.2) is 5.78 Å². The Balaban J connectivity index is 1.51. The van der Waals surface area contributed by atoms with E-state index in [1.165, 1.54) is 4.90 Å². The Morgan fingerprint density at radius 3 is 2.58 bits per heavy atom. The van der Waals surface area contributed by atoms with Crippen LogP contribution < -0.4 is 0 Å². The molecule has 1 N–H and O–H groups in total. The Labute approximate surface area is 150 Å². The number of fused-ring (bicyclic) bond motifs is 4. The predicted molar refractivity (Wildman–Crippen MR) is 89.6 cm³/mol. The average molecular weight is 353 g/mol. The van der Waals surface area contributed by atoms with Gasteiger partial charge in [0.05, 0.1) is 24.0 Å². The number of rotatable bonds is 2. The number of nitrogens with zero attached hydrogens (tertiary/aromatic N) is 1. The topological polar surface area (TPSA) is 87.2 Å². The lowest BCUT2D eigenvalue weighted by atomic mass is 9.66. The number of hydrogen-bond donors (Lipinski definition) is 1. The minimum absolute atomic E-state index is 0.140. The van der Waals surface area contributed by atoms with Crippen LogP contribution in [-0.4, -0.2) is 45.9 Å². The third-order valence-corrected chi connectivity index (χ3v) is 6.29. The van der Waals surface area contributed by atoms with Gasteiger partial charge >= 0.3 is 0 Å². The average Bonchev–Trinajstić information content (AvgIpc) is 3.42. The van der Waals surface area contributed by atoms with Crippen molar-refractivity contribution < 1.29 is 24.2 Å². The van der Waals surface area contributed by atoms with Crippen LogP contribution in [0.2, 0.25) is 0 Å². The molecule has 26 heavy (non-hydrogen) atoms. The molecule has 0 spiro atoms. The first-order valence-corrected chi connectivity index (χ1v) is 9.00. The molecule has 7 atom stereocenters. The molecule has 6 nitrogen and oxygen atoms in total. The lowest BCUT2D eigenvalue weighted by Gasteiger charge is -2.35. The van der Waals surface area contributed by atoms with Crippen molar-refractivity contribution >= 4 is 17.6 Å². The standard InChI is InChI=1S/C20H19NO5/c1-9(10-5-3-2-4-6-10)21-19(24)12-8-7-11-13(14(12)20(21)25)16(23)18-17(26-18)15(11)22/h2-7,9,12-14,16-18,23H,8H2,1H3/t9-,12-,13+,14-,16+,17-,18+/m1/s1. The normalized spacial score (nSPS) is 39.1. The highest BCUT2D eigenvalue weighted by molar-refractivity contribution is 6.09. The summed E-state index contributed by atoms with van der Waals surface area (Å²) in [6, 6.07) is 9.02. The van der Waals surface area contributed by atoms with Crippen molar-refractivity contribution in [3.8, 4) is 0 Å². The molecule has 134 valence electrons. The fourth-order valence-electron chi connectivity index (χ4n) is 4.90. The van der Waals surface area contributed by atoms with Gasteiger partial charge in [0.2, 0.25) is 11.8 Å². The van der Waals surface area contributed by atoms with Gasteiger partial charge in [-0.05, 0) is 18.9 Å². The molecule has 2 aliphatic heterocycles. The van der Waals surface area contributed by atoms with Crippen LogP contribution >= 0.6 is 0 Å². The first kappa shape index (κ1) is 15.9. The molecule has 1 saturated carbocycles. The smallest absolute Gasteiger partial charge is 0.234 e. The van der Waals surface area contributed by atoms with Gasteiger partial charge in [-0.2, -0.15) is 0 Å². The second-order valence-electron chi connectivity index (χ2n) is 7.56. The number of carbonyl (C=O) groups is 3. The van der Waals surface area contributed by atoms with Crippen LogP contribution in [0.3, 0.4) is 0 Å². The van der Waals surface area contributed by atoms with Gasteiger partial charge in [0, 0.05) is 11.5 Å². The van der Waals surface area contributed by atoms with E-state index < -0.39 is 36.1 Å². The second-order valence-corrected chi connectivity index (χ2v) is 7.56. The first-order valence-electron chi connectivity index (χ1n) is 9.00. The maximum atomic E-state index is 13.2. The van der Waals surface area contributed by atoms with E-state index >= 15 is 0 Å². The molecule has 6 heteroatoms. The predicted octanol–water partition coefficient (Wildman–Crippen LogP) is 1.01. The second kappa shape index (κ2) is 5.34. The number of allylic oxidation sites excluding steroid dienone is 1. The highest BCUT2D eigenvalue weighted by atomic mass is 16.6. The van der Waals surface area contributed by atoms with Crippen LogP contribution in [0.1, 0.15) is 24.9 Å². The number of hydrogen-bond acceptors (Lipinski definition) is 5. The summed E-state index contributed by atoms with van der Waals surface area (Å²) in [4.78, 5) is 40.0. The molecular weight excluding hydrogens is 334 g/mol. The molecule has 0 radical (unpaired) electrons. The molecule has 2 saturated heterocycles. The summed E-state index contributed by atoms with van der Waals surface area (Å²) in [7, 11) is 0. The number of aliphatic hydroxyl groups is 1. The fourth-order valence-corrected chi connectivity index (χ4v) is 4.90. The van der Waals surface area contributed by atoms with Gasteiger partial charge in [-0.1, -0.05) is 36.4 Å². The van der Waals surface area contributed by atoms with Gasteiger partial charge in [0.25, 0.3) is 0 Å². The van der Waals surface area contributed by atoms with E-state index in [2.05, 4.69) is 0 Å². The Kier molecular flexibility index (Phi) is 3.27. The lowest BCUT2D eigenvalue weighted by molar-refractivity contribution is -0.143. The van der Waals surface area contributed by atoms with Crippen LogP contribution in [0.4, 0.5) is 0 Å². The molecule has 1 aromatic rings. The molecule has 0 aromatic heterocycles. The first-order chi connectivity index (χ1) is 12.5. The maximum absolute atomic E-state index is 13.2. The Bertz CT molecular complexity index is 847. The van der Waals surface area contributed by atoms with E-state index in [1.54, 1.807) is 6.08 Å². The summed E-state index contributed by atoms with van der Waals surface area (Å²) in [5.41, 5.74) is 1.35. The van der Waals surface area contributed by atoms with E-state index in [-0.39, 0.29) is 23.6 Å². The van der Waals surface area contributed by atoms with Crippen molar-refractivity contribution in [3.05, 3.63) is 47.5 Å². The van der Waals surface area contributed by atoms with Gasteiger partial charge in [-0.3, -0.25) is 19.3 Å². The third-order valence-electron chi connectivity index (χ3n) is 6.29. The minimum atomic E-state index is -0.916. The number of likely N-dealkylation sites (tertiary alicyclic amines) is 1. The third kappa shape index (κ3) is 1.97. The summed E-state index contributed by atoms with van der Waals surface area (Å²) in [5.74, 6) is -2.49. The Morgan fingerprint density at radius 1 is 1.12 bits per heavy atom. The largest absolute Gasteiger partial charge is 0.390 e. The zero-order chi connectivity index (χ0) is 18.2. The van der Waals surface area contributed by atoms with E-state index in [0.29, 0.717) is 12.0 Å². The lowest BCUT2D eigenvalue weighted by Crippen LogP contribution is -2.47. The van der Waals surface area contributed by atoms with Crippen molar-refractivity contribution in [2.45, 2.75) is 37.7 Å². The molecule has 2 aliphatic carbocycles. The van der Waals surface area contributed by atoms with E-state index in [1.807, 2.05) is 37.3 Å². The Morgan fingerprint density at radius 2 is 1.85 bits per heavy atom. The van der Waals surface area contributed by atoms with E-state index in [9.17, 15) is 19.5 Å². The molecule has 2 heterocycles. The molecule has 0 bridgehead atoms. The maximum Gasteiger partial charge on any atom is 0.234 e. The fraction of sp³-hybridized carbons (Fsp3) is 0.450. The number of amides is 2. The van der Waals surface area contributed by atoms with E-state index in [0.717, 1.165) is 5.56 Å². The SMILES string of the molecule is C[C@H](c1ccccc1)N1C(=O)[C@H]2[C@@H]3C(=CC[C@H]2C1=O)C(=O)[C@H]1O[C@H]1[C@H]3O.